The molecule has 5 rings (SSSR count). The van der Waals surface area contributed by atoms with Crippen molar-refractivity contribution in [3.8, 4) is 17.6 Å². The van der Waals surface area contributed by atoms with Crippen LogP contribution >= 0.6 is 8.53 Å². The second-order valence-electron chi connectivity index (χ2n) is 14.7. The van der Waals surface area contributed by atoms with Crippen LogP contribution in [0.2, 0.25) is 0 Å². The summed E-state index contributed by atoms with van der Waals surface area (Å²) in [6.45, 7) is 7.47. The number of ether oxygens (including phenoxy) is 4. The van der Waals surface area contributed by atoms with Crippen LogP contribution in [0.5, 0.6) is 11.5 Å². The van der Waals surface area contributed by atoms with Gasteiger partial charge >= 0.3 is 17.8 Å². The quantitative estimate of drug-likeness (QED) is 0.0524. The number of alkyl halides is 3. The minimum Gasteiger partial charge on any atom is -0.497 e. The zero-order valence-electron chi connectivity index (χ0n) is 35.3. The molecular formula is C44H51F3N5O9P. The maximum atomic E-state index is 13.5. The second kappa shape index (κ2) is 21.6. The predicted molar refractivity (Wildman–Crippen MR) is 226 cm³/mol. The molecule has 14 nitrogen and oxygen atoms in total. The van der Waals surface area contributed by atoms with E-state index < -0.39 is 62.4 Å². The van der Waals surface area contributed by atoms with E-state index in [1.807, 2.05) is 107 Å². The third kappa shape index (κ3) is 11.6. The summed E-state index contributed by atoms with van der Waals surface area (Å²) < 4.78 is 79.4. The average molecular weight is 882 g/mol. The number of hydrogen-bond acceptors (Lipinski definition) is 11. The van der Waals surface area contributed by atoms with Gasteiger partial charge in [-0.15, -0.1) is 0 Å². The number of hydrogen-bond donors (Lipinski definition) is 2. The number of nitrogens with one attached hydrogen (secondary N) is 2. The average Bonchev–Trinajstić information content (AvgIpc) is 3.65. The molecular weight excluding hydrogens is 830 g/mol. The molecule has 1 fully saturated rings. The van der Waals surface area contributed by atoms with E-state index in [0.29, 0.717) is 11.5 Å². The molecule has 332 valence electrons. The van der Waals surface area contributed by atoms with E-state index in [-0.39, 0.29) is 43.7 Å². The minimum absolute atomic E-state index is 0.0380. The standard InChI is InChI=1S/C44H51F3N5O9P/c1-29(2)52(30(3)4)62(59-25-11-23-48)61-37-26-39(51-27-31(40(53)50-42(51)55)12-10-24-49-41(54)44(45,46)47)60-38(37)28-58-43(32-13-8-7-9-14-32,33-15-19-35(56-5)20-16-33)34-17-21-36(57-6)22-18-34/h7-10,12-22,27,29-30,37-39H,11,24-26,28H2,1-6H3,(H,49,54)(H,50,53,55). The van der Waals surface area contributed by atoms with Crippen LogP contribution in [-0.2, 0) is 28.9 Å². The lowest BCUT2D eigenvalue weighted by atomic mass is 9.80. The summed E-state index contributed by atoms with van der Waals surface area (Å²) in [7, 11) is 1.34. The van der Waals surface area contributed by atoms with E-state index in [0.717, 1.165) is 22.8 Å². The Bertz CT molecular complexity index is 2210. The zero-order chi connectivity index (χ0) is 45.0. The van der Waals surface area contributed by atoms with E-state index in [2.05, 4.69) is 15.7 Å². The van der Waals surface area contributed by atoms with Crippen LogP contribution in [0.3, 0.4) is 0 Å². The van der Waals surface area contributed by atoms with Gasteiger partial charge in [0, 0.05) is 31.2 Å². The maximum absolute atomic E-state index is 13.5. The predicted octanol–water partition coefficient (Wildman–Crippen LogP) is 7.20. The molecule has 0 radical (unpaired) electrons. The molecule has 1 aromatic heterocycles. The Hall–Kier alpha value is -5.34. The van der Waals surface area contributed by atoms with Crippen LogP contribution in [0, 0.1) is 11.3 Å². The molecule has 0 saturated carbocycles. The van der Waals surface area contributed by atoms with Crippen molar-refractivity contribution in [3.63, 3.8) is 0 Å². The highest BCUT2D eigenvalue weighted by molar-refractivity contribution is 7.44. The summed E-state index contributed by atoms with van der Waals surface area (Å²) in [5.74, 6) is -0.866. The van der Waals surface area contributed by atoms with E-state index in [1.165, 1.54) is 16.8 Å². The van der Waals surface area contributed by atoms with Crippen molar-refractivity contribution < 1.29 is 46.0 Å². The lowest BCUT2D eigenvalue weighted by Crippen LogP contribution is -2.39. The third-order valence-corrected chi connectivity index (χ3v) is 12.1. The van der Waals surface area contributed by atoms with Gasteiger partial charge in [-0.05, 0) is 68.7 Å². The fraction of sp³-hybridized carbons (Fsp3) is 0.409. The summed E-state index contributed by atoms with van der Waals surface area (Å²) in [6, 6.07) is 26.7. The number of halogens is 3. The minimum atomic E-state index is -5.08. The largest absolute Gasteiger partial charge is 0.497 e. The van der Waals surface area contributed by atoms with Crippen LogP contribution in [0.15, 0.2) is 101 Å². The Morgan fingerprint density at radius 2 is 1.55 bits per heavy atom. The van der Waals surface area contributed by atoms with Crippen molar-refractivity contribution >= 4 is 20.5 Å². The van der Waals surface area contributed by atoms with Gasteiger partial charge in [0.05, 0.1) is 51.6 Å². The Morgan fingerprint density at radius 1 is 0.968 bits per heavy atom. The molecule has 62 heavy (non-hydrogen) atoms. The van der Waals surface area contributed by atoms with Crippen LogP contribution in [0.1, 0.15) is 69.0 Å². The summed E-state index contributed by atoms with van der Waals surface area (Å²) >= 11 is 0. The second-order valence-corrected chi connectivity index (χ2v) is 16.1. The lowest BCUT2D eigenvalue weighted by Gasteiger charge is -2.39. The zero-order valence-corrected chi connectivity index (χ0v) is 36.2. The highest BCUT2D eigenvalue weighted by Gasteiger charge is 2.45. The Labute approximate surface area is 359 Å². The van der Waals surface area contributed by atoms with Crippen molar-refractivity contribution in [1.82, 2.24) is 19.5 Å². The first-order valence-electron chi connectivity index (χ1n) is 19.9. The van der Waals surface area contributed by atoms with Gasteiger partial charge in [-0.1, -0.05) is 66.7 Å². The molecule has 3 aromatic carbocycles. The molecule has 1 aliphatic heterocycles. The van der Waals surface area contributed by atoms with Gasteiger partial charge in [0.2, 0.25) is 0 Å². The molecule has 1 aliphatic rings. The molecule has 1 amide bonds. The first kappa shape index (κ1) is 47.7. The number of carbonyl (C=O) groups is 1. The summed E-state index contributed by atoms with van der Waals surface area (Å²) in [5, 5.41) is 11.1. The van der Waals surface area contributed by atoms with Crippen LogP contribution < -0.4 is 26.0 Å². The molecule has 0 spiro atoms. The fourth-order valence-corrected chi connectivity index (χ4v) is 8.85. The lowest BCUT2D eigenvalue weighted by molar-refractivity contribution is -0.173. The SMILES string of the molecule is COc1ccc(C(OCC2OC(n3cc(C=CCNC(=O)C(F)(F)F)c(=O)[nH]c3=O)CC2OP(OCCC#N)N(C(C)C)C(C)C)(c2ccccc2)c2ccc(OC)cc2)cc1. The molecule has 4 atom stereocenters. The van der Waals surface area contributed by atoms with E-state index in [1.54, 1.807) is 19.5 Å². The highest BCUT2D eigenvalue weighted by atomic mass is 31.2. The number of methoxy groups -OCH3 is 2. The molecule has 1 saturated heterocycles. The van der Waals surface area contributed by atoms with Crippen molar-refractivity contribution in [1.29, 1.82) is 5.26 Å². The number of nitriles is 1. The van der Waals surface area contributed by atoms with Gasteiger partial charge in [0.1, 0.15) is 29.4 Å². The monoisotopic (exact) mass is 881 g/mol. The molecule has 2 N–H and O–H groups in total. The van der Waals surface area contributed by atoms with Gasteiger partial charge in [-0.25, -0.2) is 9.46 Å². The molecule has 18 heteroatoms. The third-order valence-electron chi connectivity index (χ3n) is 9.95. The number of nitrogens with zero attached hydrogens (tertiary/aromatic N) is 3. The van der Waals surface area contributed by atoms with Gasteiger partial charge in [0.15, 0.2) is 0 Å². The molecule has 0 bridgehead atoms. The molecule has 4 unspecified atom stereocenters. The smallest absolute Gasteiger partial charge is 0.471 e. The Kier molecular flexibility index (Phi) is 16.7. The van der Waals surface area contributed by atoms with Gasteiger partial charge < -0.3 is 33.3 Å². The number of amides is 1. The van der Waals surface area contributed by atoms with Crippen LogP contribution in [-0.4, -0.2) is 84.6 Å². The maximum Gasteiger partial charge on any atom is 0.471 e. The van der Waals surface area contributed by atoms with Gasteiger partial charge in [-0.2, -0.15) is 18.4 Å². The normalized spacial score (nSPS) is 17.4. The number of H-pyrrole nitrogens is 1. The van der Waals surface area contributed by atoms with Gasteiger partial charge in [-0.3, -0.25) is 19.1 Å². The molecule has 2 heterocycles. The number of benzene rings is 3. The van der Waals surface area contributed by atoms with Crippen molar-refractivity contribution in [2.75, 3.05) is 34.0 Å². The summed E-state index contributed by atoms with van der Waals surface area (Å²) in [5.41, 5.74) is -0.645. The number of aromatic amines is 1. The van der Waals surface area contributed by atoms with E-state index in [4.69, 9.17) is 28.0 Å². The fourth-order valence-electron chi connectivity index (χ4n) is 7.10. The topological polar surface area (TPSA) is 166 Å². The van der Waals surface area contributed by atoms with Crippen molar-refractivity contribution in [2.45, 2.75) is 82.8 Å². The number of carbonyl (C=O) groups excluding carboxylic acids is 1. The van der Waals surface area contributed by atoms with E-state index >= 15 is 0 Å². The Morgan fingerprint density at radius 3 is 2.08 bits per heavy atom. The van der Waals surface area contributed by atoms with Crippen LogP contribution in [0.4, 0.5) is 13.2 Å². The first-order valence-corrected chi connectivity index (χ1v) is 21.0. The molecule has 0 aliphatic carbocycles. The summed E-state index contributed by atoms with van der Waals surface area (Å²) in [6.07, 6.45) is -4.01. The molecule has 4 aromatic rings. The Balaban J connectivity index is 1.59. The highest BCUT2D eigenvalue weighted by Crippen LogP contribution is 2.50. The van der Waals surface area contributed by atoms with Gasteiger partial charge in [0.25, 0.3) is 14.1 Å². The van der Waals surface area contributed by atoms with E-state index in [9.17, 15) is 32.8 Å². The van der Waals surface area contributed by atoms with Crippen molar-refractivity contribution in [2.24, 2.45) is 0 Å². The van der Waals surface area contributed by atoms with Crippen molar-refractivity contribution in [3.05, 3.63) is 134 Å². The summed E-state index contributed by atoms with van der Waals surface area (Å²) in [4.78, 5) is 39.9. The first-order chi connectivity index (χ1) is 29.6. The van der Waals surface area contributed by atoms with Crippen LogP contribution in [0.25, 0.3) is 6.08 Å². The number of aromatic nitrogens is 2. The number of rotatable bonds is 20.